The van der Waals surface area contributed by atoms with Gasteiger partial charge in [0.05, 0.1) is 18.4 Å². The highest BCUT2D eigenvalue weighted by atomic mass is 35.5. The van der Waals surface area contributed by atoms with Crippen LogP contribution in [-0.2, 0) is 11.3 Å². The van der Waals surface area contributed by atoms with Gasteiger partial charge in [0.25, 0.3) is 0 Å². The molecule has 3 rings (SSSR count). The molecule has 6 heteroatoms. The van der Waals surface area contributed by atoms with Crippen LogP contribution in [0, 0.1) is 0 Å². The number of benzene rings is 1. The van der Waals surface area contributed by atoms with Gasteiger partial charge in [0.2, 0.25) is 0 Å². The van der Waals surface area contributed by atoms with Crippen LogP contribution in [0.5, 0.6) is 0 Å². The van der Waals surface area contributed by atoms with Gasteiger partial charge in [-0.2, -0.15) is 0 Å². The molecule has 0 radical (unpaired) electrons. The molecule has 2 N–H and O–H groups in total. The van der Waals surface area contributed by atoms with Gasteiger partial charge in [0.1, 0.15) is 5.01 Å². The lowest BCUT2D eigenvalue weighted by Gasteiger charge is -2.31. The molecule has 114 valence electrons. The predicted molar refractivity (Wildman–Crippen MR) is 88.9 cm³/mol. The van der Waals surface area contributed by atoms with Crippen LogP contribution in [0.4, 0.5) is 0 Å². The van der Waals surface area contributed by atoms with Crippen molar-refractivity contribution in [2.24, 2.45) is 5.73 Å². The summed E-state index contributed by atoms with van der Waals surface area (Å²) in [4.78, 5) is 7.10. The van der Waals surface area contributed by atoms with Crippen molar-refractivity contribution in [1.82, 2.24) is 9.88 Å². The minimum Gasteiger partial charge on any atom is -0.374 e. The van der Waals surface area contributed by atoms with Gasteiger partial charge >= 0.3 is 0 Å². The summed E-state index contributed by atoms with van der Waals surface area (Å²) in [5.74, 6) is 0. The molecule has 0 spiro atoms. The molecule has 1 aliphatic heterocycles. The second-order valence-corrected chi connectivity index (χ2v) is 5.83. The second-order valence-electron chi connectivity index (χ2n) is 4.97. The van der Waals surface area contributed by atoms with E-state index in [4.69, 9.17) is 15.5 Å². The molecule has 0 amide bonds. The second kappa shape index (κ2) is 7.87. The van der Waals surface area contributed by atoms with Crippen molar-refractivity contribution < 1.29 is 4.74 Å². The number of nitrogens with two attached hydrogens (primary N) is 1. The molecule has 2 aromatic rings. The van der Waals surface area contributed by atoms with Crippen molar-refractivity contribution in [2.75, 3.05) is 26.2 Å². The zero-order chi connectivity index (χ0) is 13.8. The summed E-state index contributed by atoms with van der Waals surface area (Å²) in [6.45, 7) is 4.08. The van der Waals surface area contributed by atoms with Crippen molar-refractivity contribution >= 4 is 23.7 Å². The molecule has 1 atom stereocenters. The van der Waals surface area contributed by atoms with E-state index in [1.807, 2.05) is 18.2 Å². The summed E-state index contributed by atoms with van der Waals surface area (Å²) in [7, 11) is 0. The Hall–Kier alpha value is -0.980. The topological polar surface area (TPSA) is 51.4 Å². The highest BCUT2D eigenvalue weighted by Crippen LogP contribution is 2.24. The molecular weight excluding hydrogens is 306 g/mol. The van der Waals surface area contributed by atoms with E-state index in [0.717, 1.165) is 36.9 Å². The molecule has 1 aromatic heterocycles. The number of hydrogen-bond acceptors (Lipinski definition) is 5. The molecule has 0 saturated carbocycles. The van der Waals surface area contributed by atoms with Gasteiger partial charge in [-0.05, 0) is 0 Å². The van der Waals surface area contributed by atoms with Gasteiger partial charge < -0.3 is 10.5 Å². The third-order valence-electron chi connectivity index (χ3n) is 3.44. The Morgan fingerprint density at radius 2 is 2.14 bits per heavy atom. The van der Waals surface area contributed by atoms with E-state index in [0.29, 0.717) is 6.54 Å². The van der Waals surface area contributed by atoms with Crippen LogP contribution in [0.2, 0.25) is 0 Å². The van der Waals surface area contributed by atoms with Crippen molar-refractivity contribution in [3.8, 4) is 10.6 Å². The fourth-order valence-corrected chi connectivity index (χ4v) is 3.21. The largest absolute Gasteiger partial charge is 0.374 e. The molecule has 1 unspecified atom stereocenters. The number of rotatable bonds is 4. The number of aromatic nitrogens is 1. The number of nitrogens with zero attached hydrogens (tertiary/aromatic N) is 2. The Morgan fingerprint density at radius 3 is 2.90 bits per heavy atom. The zero-order valence-electron chi connectivity index (χ0n) is 11.8. The number of hydrogen-bond donors (Lipinski definition) is 1. The Kier molecular flexibility index (Phi) is 6.14. The quantitative estimate of drug-likeness (QED) is 0.937. The van der Waals surface area contributed by atoms with Gasteiger partial charge in [-0.15, -0.1) is 23.7 Å². The van der Waals surface area contributed by atoms with E-state index in [9.17, 15) is 0 Å². The van der Waals surface area contributed by atoms with Crippen LogP contribution in [0.25, 0.3) is 10.6 Å². The Bertz CT molecular complexity index is 549. The van der Waals surface area contributed by atoms with Crippen LogP contribution in [-0.4, -0.2) is 42.2 Å². The molecule has 4 nitrogen and oxygen atoms in total. The maximum absolute atomic E-state index is 5.67. The highest BCUT2D eigenvalue weighted by molar-refractivity contribution is 7.13. The summed E-state index contributed by atoms with van der Waals surface area (Å²) in [5.41, 5.74) is 7.99. The first kappa shape index (κ1) is 16.4. The minimum absolute atomic E-state index is 0. The first-order chi connectivity index (χ1) is 9.85. The van der Waals surface area contributed by atoms with Crippen molar-refractivity contribution in [2.45, 2.75) is 12.6 Å². The summed E-state index contributed by atoms with van der Waals surface area (Å²) < 4.78 is 5.59. The van der Waals surface area contributed by atoms with E-state index in [2.05, 4.69) is 22.4 Å². The first-order valence-corrected chi connectivity index (χ1v) is 7.77. The fraction of sp³-hybridized carbons (Fsp3) is 0.400. The lowest BCUT2D eigenvalue weighted by Crippen LogP contribution is -2.45. The number of ether oxygens (including phenoxy) is 1. The maximum atomic E-state index is 5.67. The third-order valence-corrected chi connectivity index (χ3v) is 4.38. The van der Waals surface area contributed by atoms with Crippen molar-refractivity contribution in [3.05, 3.63) is 41.4 Å². The number of halogens is 1. The van der Waals surface area contributed by atoms with Gasteiger partial charge in [0, 0.05) is 37.1 Å². The molecule has 1 aromatic carbocycles. The zero-order valence-corrected chi connectivity index (χ0v) is 13.4. The monoisotopic (exact) mass is 325 g/mol. The molecule has 1 saturated heterocycles. The normalized spacial score (nSPS) is 19.2. The smallest absolute Gasteiger partial charge is 0.123 e. The Balaban J connectivity index is 0.00000161. The number of morpholine rings is 1. The van der Waals surface area contributed by atoms with Gasteiger partial charge in [-0.25, -0.2) is 4.98 Å². The van der Waals surface area contributed by atoms with Crippen LogP contribution in [0.3, 0.4) is 0 Å². The van der Waals surface area contributed by atoms with E-state index >= 15 is 0 Å². The summed E-state index contributed by atoms with van der Waals surface area (Å²) >= 11 is 1.70. The van der Waals surface area contributed by atoms with E-state index < -0.39 is 0 Å². The lowest BCUT2D eigenvalue weighted by atomic mass is 10.2. The van der Waals surface area contributed by atoms with Crippen molar-refractivity contribution in [1.29, 1.82) is 0 Å². The van der Waals surface area contributed by atoms with Crippen LogP contribution < -0.4 is 5.73 Å². The average Bonchev–Trinajstić information content (AvgIpc) is 2.97. The van der Waals surface area contributed by atoms with Gasteiger partial charge in [-0.1, -0.05) is 30.3 Å². The van der Waals surface area contributed by atoms with E-state index in [1.165, 1.54) is 5.56 Å². The number of thiazole rings is 1. The molecule has 0 bridgehead atoms. The Morgan fingerprint density at radius 1 is 1.33 bits per heavy atom. The highest BCUT2D eigenvalue weighted by Gasteiger charge is 2.20. The fourth-order valence-electron chi connectivity index (χ4n) is 2.39. The summed E-state index contributed by atoms with van der Waals surface area (Å²) in [6.07, 6.45) is 0.163. The van der Waals surface area contributed by atoms with E-state index in [1.54, 1.807) is 11.3 Å². The molecule has 2 heterocycles. The molecule has 21 heavy (non-hydrogen) atoms. The maximum Gasteiger partial charge on any atom is 0.123 e. The molecular formula is C15H20ClN3OS. The molecule has 1 aliphatic rings. The average molecular weight is 326 g/mol. The molecule has 0 aliphatic carbocycles. The standard InChI is InChI=1S/C15H19N3OS.ClH/c16-8-14-10-18(6-7-19-14)9-13-11-20-15(17-13)12-4-2-1-3-5-12;/h1-5,11,14H,6-10,16H2;1H. The van der Waals surface area contributed by atoms with Crippen LogP contribution in [0.15, 0.2) is 35.7 Å². The van der Waals surface area contributed by atoms with Crippen molar-refractivity contribution in [3.63, 3.8) is 0 Å². The minimum atomic E-state index is 0. The summed E-state index contributed by atoms with van der Waals surface area (Å²) in [5, 5.41) is 3.24. The first-order valence-electron chi connectivity index (χ1n) is 6.89. The van der Waals surface area contributed by atoms with Crippen LogP contribution >= 0.6 is 23.7 Å². The predicted octanol–water partition coefficient (Wildman–Crippen LogP) is 2.39. The van der Waals surface area contributed by atoms with Gasteiger partial charge in [-0.3, -0.25) is 4.90 Å². The summed E-state index contributed by atoms with van der Waals surface area (Å²) in [6, 6.07) is 10.3. The Labute approximate surface area is 135 Å². The van der Waals surface area contributed by atoms with E-state index in [-0.39, 0.29) is 18.5 Å². The van der Waals surface area contributed by atoms with Gasteiger partial charge in [0.15, 0.2) is 0 Å². The third kappa shape index (κ3) is 4.25. The SMILES string of the molecule is Cl.NCC1CN(Cc2csc(-c3ccccc3)n2)CCO1. The molecule has 1 fully saturated rings. The van der Waals surface area contributed by atoms with Crippen LogP contribution in [0.1, 0.15) is 5.69 Å². The lowest BCUT2D eigenvalue weighted by molar-refractivity contribution is -0.0263.